The average molecular weight is 849 g/mol. The van der Waals surface area contributed by atoms with Gasteiger partial charge in [0.15, 0.2) is 0 Å². The van der Waals surface area contributed by atoms with Gasteiger partial charge in [0.05, 0.1) is 27.5 Å². The van der Waals surface area contributed by atoms with Crippen LogP contribution in [0.25, 0.3) is 110 Å². The van der Waals surface area contributed by atoms with Crippen LogP contribution in [0.5, 0.6) is 0 Å². The van der Waals surface area contributed by atoms with Crippen molar-refractivity contribution in [2.24, 2.45) is 0 Å². The van der Waals surface area contributed by atoms with Crippen molar-refractivity contribution in [3.8, 4) is 55.9 Å². The fourth-order valence-electron chi connectivity index (χ4n) is 12.4. The Balaban J connectivity index is 1.04. The van der Waals surface area contributed by atoms with Gasteiger partial charge in [-0.1, -0.05) is 182 Å². The molecule has 2 heteroatoms. The second-order valence-corrected chi connectivity index (χ2v) is 18.3. The van der Waals surface area contributed by atoms with Gasteiger partial charge in [0.1, 0.15) is 0 Å². The molecule has 0 saturated heterocycles. The van der Waals surface area contributed by atoms with E-state index >= 15 is 0 Å². The molecule has 0 bridgehead atoms. The number of aromatic nitrogens is 2. The lowest BCUT2D eigenvalue weighted by Crippen LogP contribution is -2.26. The van der Waals surface area contributed by atoms with Crippen molar-refractivity contribution < 1.29 is 0 Å². The molecule has 0 aliphatic heterocycles. The number of benzene rings is 11. The summed E-state index contributed by atoms with van der Waals surface area (Å²) in [5, 5.41) is 7.56. The predicted octanol–water partition coefficient (Wildman–Crippen LogP) is 16.7. The van der Waals surface area contributed by atoms with Crippen molar-refractivity contribution in [2.45, 2.75) is 5.41 Å². The van der Waals surface area contributed by atoms with E-state index in [1.807, 2.05) is 0 Å². The smallest absolute Gasteiger partial charge is 0.0731 e. The number of para-hydroxylation sites is 4. The van der Waals surface area contributed by atoms with E-state index < -0.39 is 5.41 Å². The molecule has 0 N–H and O–H groups in total. The minimum absolute atomic E-state index is 0.560. The molecule has 0 amide bonds. The Kier molecular flexibility index (Phi) is 7.46. The highest BCUT2D eigenvalue weighted by Crippen LogP contribution is 2.66. The van der Waals surface area contributed by atoms with Crippen LogP contribution in [-0.4, -0.2) is 9.13 Å². The topological polar surface area (TPSA) is 9.86 Å². The Morgan fingerprint density at radius 3 is 1.36 bits per heavy atom. The summed E-state index contributed by atoms with van der Waals surface area (Å²) in [6.45, 7) is 0. The quantitative estimate of drug-likeness (QED) is 0.167. The summed E-state index contributed by atoms with van der Waals surface area (Å²) < 4.78 is 4.86. The molecule has 1 spiro atoms. The van der Waals surface area contributed by atoms with Crippen LogP contribution >= 0.6 is 0 Å². The zero-order valence-electron chi connectivity index (χ0n) is 36.5. The lowest BCUT2D eigenvalue weighted by atomic mass is 9.69. The third kappa shape index (κ3) is 4.89. The third-order valence-corrected chi connectivity index (χ3v) is 15.1. The summed E-state index contributed by atoms with van der Waals surface area (Å²) >= 11 is 0. The van der Waals surface area contributed by atoms with Crippen molar-refractivity contribution in [3.63, 3.8) is 0 Å². The van der Waals surface area contributed by atoms with Gasteiger partial charge in [0, 0.05) is 32.9 Å². The first-order valence-corrected chi connectivity index (χ1v) is 23.3. The molecule has 0 saturated carbocycles. The van der Waals surface area contributed by atoms with Crippen LogP contribution in [0.15, 0.2) is 243 Å². The second kappa shape index (κ2) is 13.7. The minimum Gasteiger partial charge on any atom is -0.309 e. The first-order chi connectivity index (χ1) is 33.3. The van der Waals surface area contributed by atoms with Crippen LogP contribution in [-0.2, 0) is 5.41 Å². The van der Waals surface area contributed by atoms with Crippen LogP contribution < -0.4 is 0 Å². The molecule has 67 heavy (non-hydrogen) atoms. The minimum atomic E-state index is -0.560. The molecule has 11 aromatic carbocycles. The van der Waals surface area contributed by atoms with Crippen molar-refractivity contribution in [1.29, 1.82) is 0 Å². The van der Waals surface area contributed by atoms with Crippen molar-refractivity contribution in [2.75, 3.05) is 0 Å². The number of fused-ring (bicyclic) bond motifs is 18. The summed E-state index contributed by atoms with van der Waals surface area (Å²) in [4.78, 5) is 0. The normalized spacial score (nSPS) is 13.2. The molecule has 15 rings (SSSR count). The lowest BCUT2D eigenvalue weighted by Gasteiger charge is -2.32. The highest BCUT2D eigenvalue weighted by molar-refractivity contribution is 6.14. The molecule has 0 fully saturated rings. The van der Waals surface area contributed by atoms with Gasteiger partial charge >= 0.3 is 0 Å². The summed E-state index contributed by atoms with van der Waals surface area (Å²) in [6, 6.07) is 90.8. The van der Waals surface area contributed by atoms with Crippen LogP contribution in [0.2, 0.25) is 0 Å². The van der Waals surface area contributed by atoms with E-state index in [-0.39, 0.29) is 0 Å². The standard InChI is InChI=1S/C65H40N2/c1-3-18-45(19-4-1)66-59-29-15-11-25-50(59)52-34-31-42(39-61(52)66)41-32-36-54-58(38-41)65(56-27-13-9-23-48(56)49-24-10-14-28-57(49)65)64-47-22-8-7-17-43(47)37-55(63(54)64)44-33-35-53-51-26-12-16-30-60(51)67(62(53)40-44)46-20-5-2-6-21-46/h1-40H. The molecular weight excluding hydrogens is 809 g/mol. The molecule has 0 atom stereocenters. The van der Waals surface area contributed by atoms with Gasteiger partial charge in [-0.15, -0.1) is 0 Å². The highest BCUT2D eigenvalue weighted by atomic mass is 15.0. The predicted molar refractivity (Wildman–Crippen MR) is 280 cm³/mol. The fraction of sp³-hybridized carbons (Fsp3) is 0.0154. The summed E-state index contributed by atoms with van der Waals surface area (Å²) in [5.74, 6) is 0. The molecule has 2 aliphatic rings. The Morgan fingerprint density at radius 1 is 0.269 bits per heavy atom. The molecule has 2 nitrogen and oxygen atoms in total. The van der Waals surface area contributed by atoms with Gasteiger partial charge in [-0.25, -0.2) is 0 Å². The lowest BCUT2D eigenvalue weighted by molar-refractivity contribution is 0.802. The molecule has 310 valence electrons. The molecule has 13 aromatic rings. The van der Waals surface area contributed by atoms with Gasteiger partial charge < -0.3 is 9.13 Å². The Hall–Kier alpha value is -8.72. The van der Waals surface area contributed by atoms with Crippen LogP contribution in [0.3, 0.4) is 0 Å². The Labute approximate surface area is 387 Å². The largest absolute Gasteiger partial charge is 0.309 e. The van der Waals surface area contributed by atoms with E-state index in [9.17, 15) is 0 Å². The summed E-state index contributed by atoms with van der Waals surface area (Å²) in [7, 11) is 0. The molecule has 2 heterocycles. The van der Waals surface area contributed by atoms with Gasteiger partial charge in [0.25, 0.3) is 0 Å². The average Bonchev–Trinajstić information content (AvgIpc) is 4.10. The van der Waals surface area contributed by atoms with Gasteiger partial charge in [-0.05, 0) is 138 Å². The zero-order chi connectivity index (χ0) is 43.8. The monoisotopic (exact) mass is 848 g/mol. The highest BCUT2D eigenvalue weighted by Gasteiger charge is 2.53. The van der Waals surface area contributed by atoms with Gasteiger partial charge in [-0.3, -0.25) is 0 Å². The van der Waals surface area contributed by atoms with E-state index in [0.717, 1.165) is 11.4 Å². The van der Waals surface area contributed by atoms with Crippen molar-refractivity contribution in [3.05, 3.63) is 265 Å². The van der Waals surface area contributed by atoms with Crippen LogP contribution in [0, 0.1) is 0 Å². The van der Waals surface area contributed by atoms with E-state index in [0.29, 0.717) is 0 Å². The maximum atomic E-state index is 2.54. The van der Waals surface area contributed by atoms with Gasteiger partial charge in [0.2, 0.25) is 0 Å². The van der Waals surface area contributed by atoms with Crippen molar-refractivity contribution >= 4 is 54.4 Å². The summed E-state index contributed by atoms with van der Waals surface area (Å²) in [5.41, 5.74) is 22.1. The Morgan fingerprint density at radius 2 is 0.731 bits per heavy atom. The third-order valence-electron chi connectivity index (χ3n) is 15.1. The molecule has 2 aliphatic carbocycles. The van der Waals surface area contributed by atoms with E-state index in [4.69, 9.17) is 0 Å². The van der Waals surface area contributed by atoms with Crippen molar-refractivity contribution in [1.82, 2.24) is 9.13 Å². The Bertz CT molecular complexity index is 4160. The maximum Gasteiger partial charge on any atom is 0.0731 e. The number of hydrogen-bond donors (Lipinski definition) is 0. The molecule has 0 radical (unpaired) electrons. The zero-order valence-corrected chi connectivity index (χ0v) is 36.5. The van der Waals surface area contributed by atoms with E-state index in [1.165, 1.54) is 121 Å². The first kappa shape index (κ1) is 36.6. The van der Waals surface area contributed by atoms with Crippen LogP contribution in [0.4, 0.5) is 0 Å². The number of rotatable bonds is 4. The SMILES string of the molecule is c1ccc(-n2c3ccccc3c3ccc(-c4ccc5c(c4)C4(c6ccccc6-c6ccccc64)c4c-5c(-c5ccc6c7ccccc7n(-c7ccccc7)c6c5)cc5ccccc45)cc32)cc1. The molecule has 0 unspecified atom stereocenters. The first-order valence-electron chi connectivity index (χ1n) is 23.3. The number of nitrogens with zero attached hydrogens (tertiary/aromatic N) is 2. The summed E-state index contributed by atoms with van der Waals surface area (Å²) in [6.07, 6.45) is 0. The molecule has 2 aromatic heterocycles. The molecular formula is C65H40N2. The van der Waals surface area contributed by atoms with E-state index in [1.54, 1.807) is 0 Å². The maximum absolute atomic E-state index is 2.54. The second-order valence-electron chi connectivity index (χ2n) is 18.3. The van der Waals surface area contributed by atoms with Crippen LogP contribution in [0.1, 0.15) is 22.3 Å². The fourth-order valence-corrected chi connectivity index (χ4v) is 12.4. The van der Waals surface area contributed by atoms with E-state index in [2.05, 4.69) is 252 Å². The van der Waals surface area contributed by atoms with Gasteiger partial charge in [-0.2, -0.15) is 0 Å². The number of hydrogen-bond acceptors (Lipinski definition) is 0.